The summed E-state index contributed by atoms with van der Waals surface area (Å²) in [6.07, 6.45) is 0. The van der Waals surface area contributed by atoms with Crippen LogP contribution in [0.15, 0.2) is 57.7 Å². The second-order valence-electron chi connectivity index (χ2n) is 4.44. The molecular formula is C16H12N2O3. The first-order valence-electron chi connectivity index (χ1n) is 6.50. The summed E-state index contributed by atoms with van der Waals surface area (Å²) in [5, 5.41) is 8.99. The minimum atomic E-state index is -0.409. The van der Waals surface area contributed by atoms with Crippen LogP contribution in [0, 0.1) is 11.3 Å². The summed E-state index contributed by atoms with van der Waals surface area (Å²) in [7, 11) is 0. The monoisotopic (exact) mass is 280 g/mol. The molecule has 3 aromatic rings. The van der Waals surface area contributed by atoms with E-state index in [-0.39, 0.29) is 6.61 Å². The van der Waals surface area contributed by atoms with Gasteiger partial charge < -0.3 is 9.15 Å². The van der Waals surface area contributed by atoms with Gasteiger partial charge in [-0.3, -0.25) is 4.57 Å². The van der Waals surface area contributed by atoms with E-state index in [1.165, 1.54) is 4.57 Å². The zero-order valence-electron chi connectivity index (χ0n) is 11.2. The molecular weight excluding hydrogens is 268 g/mol. The molecule has 5 heteroatoms. The molecule has 0 saturated heterocycles. The van der Waals surface area contributed by atoms with Crippen LogP contribution in [0.5, 0.6) is 5.75 Å². The van der Waals surface area contributed by atoms with E-state index in [0.29, 0.717) is 23.4 Å². The van der Waals surface area contributed by atoms with Crippen molar-refractivity contribution in [2.24, 2.45) is 0 Å². The summed E-state index contributed by atoms with van der Waals surface area (Å²) >= 11 is 0. The summed E-state index contributed by atoms with van der Waals surface area (Å²) in [6, 6.07) is 16.3. The van der Waals surface area contributed by atoms with E-state index in [9.17, 15) is 4.79 Å². The van der Waals surface area contributed by atoms with Crippen LogP contribution in [0.25, 0.3) is 11.1 Å². The predicted molar refractivity (Wildman–Crippen MR) is 77.1 cm³/mol. The zero-order valence-corrected chi connectivity index (χ0v) is 11.2. The van der Waals surface area contributed by atoms with Crippen LogP contribution in [0.3, 0.4) is 0 Å². The molecule has 0 aliphatic carbocycles. The Labute approximate surface area is 120 Å². The molecule has 3 rings (SSSR count). The fourth-order valence-electron chi connectivity index (χ4n) is 2.16. The number of ether oxygens (including phenoxy) is 1. The van der Waals surface area contributed by atoms with Gasteiger partial charge in [0, 0.05) is 0 Å². The lowest BCUT2D eigenvalue weighted by atomic mass is 10.2. The lowest BCUT2D eigenvalue weighted by molar-refractivity contribution is 0.293. The Kier molecular flexibility index (Phi) is 3.44. The molecule has 0 unspecified atom stereocenters. The number of nitriles is 1. The lowest BCUT2D eigenvalue weighted by Gasteiger charge is -2.07. The van der Waals surface area contributed by atoms with Gasteiger partial charge in [0.2, 0.25) is 0 Å². The summed E-state index contributed by atoms with van der Waals surface area (Å²) < 4.78 is 12.2. The molecule has 104 valence electrons. The highest BCUT2D eigenvalue weighted by molar-refractivity contribution is 5.72. The van der Waals surface area contributed by atoms with Gasteiger partial charge in [-0.1, -0.05) is 24.3 Å². The first-order chi connectivity index (χ1) is 10.3. The normalized spacial score (nSPS) is 10.4. The van der Waals surface area contributed by atoms with Gasteiger partial charge in [-0.15, -0.1) is 0 Å². The molecule has 0 bridgehead atoms. The number of benzene rings is 2. The maximum absolute atomic E-state index is 11.8. The maximum atomic E-state index is 11.8. The lowest BCUT2D eigenvalue weighted by Crippen LogP contribution is -2.18. The molecule has 0 aliphatic heterocycles. The minimum absolute atomic E-state index is 0.280. The molecule has 0 amide bonds. The molecule has 0 aliphatic rings. The average molecular weight is 280 g/mol. The Morgan fingerprint density at radius 3 is 2.76 bits per heavy atom. The Morgan fingerprint density at radius 1 is 1.14 bits per heavy atom. The third-order valence-corrected chi connectivity index (χ3v) is 3.15. The van der Waals surface area contributed by atoms with Crippen molar-refractivity contribution in [1.82, 2.24) is 4.57 Å². The highest BCUT2D eigenvalue weighted by atomic mass is 16.5. The Balaban J connectivity index is 1.77. The molecule has 5 nitrogen and oxygen atoms in total. The van der Waals surface area contributed by atoms with Gasteiger partial charge in [0.05, 0.1) is 17.6 Å². The quantitative estimate of drug-likeness (QED) is 0.736. The second kappa shape index (κ2) is 5.55. The van der Waals surface area contributed by atoms with Crippen LogP contribution in [0.1, 0.15) is 5.56 Å². The van der Waals surface area contributed by atoms with Crippen molar-refractivity contribution < 1.29 is 9.15 Å². The van der Waals surface area contributed by atoms with E-state index in [2.05, 4.69) is 6.07 Å². The molecule has 0 spiro atoms. The van der Waals surface area contributed by atoms with Crippen LogP contribution in [-0.4, -0.2) is 11.2 Å². The number of hydrogen-bond acceptors (Lipinski definition) is 4. The Hall–Kier alpha value is -3.00. The fourth-order valence-corrected chi connectivity index (χ4v) is 2.16. The number of rotatable bonds is 4. The molecule has 0 saturated carbocycles. The molecule has 0 atom stereocenters. The molecule has 0 radical (unpaired) electrons. The van der Waals surface area contributed by atoms with Gasteiger partial charge in [0.25, 0.3) is 0 Å². The van der Waals surface area contributed by atoms with E-state index in [4.69, 9.17) is 14.4 Å². The predicted octanol–water partition coefficient (Wildman–Crippen LogP) is 2.55. The van der Waals surface area contributed by atoms with Crippen molar-refractivity contribution in [2.75, 3.05) is 6.61 Å². The van der Waals surface area contributed by atoms with Crippen molar-refractivity contribution in [3.05, 3.63) is 64.6 Å². The Bertz CT molecular complexity index is 871. The maximum Gasteiger partial charge on any atom is 0.420 e. The van der Waals surface area contributed by atoms with Crippen molar-refractivity contribution in [3.8, 4) is 11.8 Å². The van der Waals surface area contributed by atoms with E-state index >= 15 is 0 Å². The van der Waals surface area contributed by atoms with Crippen molar-refractivity contribution in [1.29, 1.82) is 5.26 Å². The van der Waals surface area contributed by atoms with Crippen LogP contribution in [0.4, 0.5) is 0 Å². The molecule has 0 fully saturated rings. The molecule has 2 aromatic carbocycles. The number of nitrogens with zero attached hydrogens (tertiary/aromatic N) is 2. The standard InChI is InChI=1S/C16H12N2O3/c17-11-12-5-1-3-7-14(12)20-10-9-18-13-6-2-4-8-15(13)21-16(18)19/h1-8H,9-10H2. The van der Waals surface area contributed by atoms with Gasteiger partial charge in [-0.05, 0) is 24.3 Å². The van der Waals surface area contributed by atoms with Crippen molar-refractivity contribution >= 4 is 11.1 Å². The highest BCUT2D eigenvalue weighted by Gasteiger charge is 2.08. The number of oxazole rings is 1. The van der Waals surface area contributed by atoms with E-state index in [1.54, 1.807) is 30.3 Å². The van der Waals surface area contributed by atoms with Crippen LogP contribution in [-0.2, 0) is 6.54 Å². The molecule has 0 N–H and O–H groups in total. The first-order valence-corrected chi connectivity index (χ1v) is 6.50. The fraction of sp³-hybridized carbons (Fsp3) is 0.125. The smallest absolute Gasteiger partial charge is 0.420 e. The summed E-state index contributed by atoms with van der Waals surface area (Å²) in [4.78, 5) is 11.8. The van der Waals surface area contributed by atoms with E-state index < -0.39 is 5.76 Å². The van der Waals surface area contributed by atoms with Crippen molar-refractivity contribution in [3.63, 3.8) is 0 Å². The number of para-hydroxylation sites is 3. The average Bonchev–Trinajstić information content (AvgIpc) is 2.84. The SMILES string of the molecule is N#Cc1ccccc1OCCn1c(=O)oc2ccccc21. The third-order valence-electron chi connectivity index (χ3n) is 3.15. The van der Waals surface area contributed by atoms with Crippen LogP contribution < -0.4 is 10.5 Å². The van der Waals surface area contributed by atoms with Gasteiger partial charge in [-0.25, -0.2) is 4.79 Å². The van der Waals surface area contributed by atoms with Gasteiger partial charge >= 0.3 is 5.76 Å². The van der Waals surface area contributed by atoms with Gasteiger partial charge in [0.15, 0.2) is 5.58 Å². The highest BCUT2D eigenvalue weighted by Crippen LogP contribution is 2.17. The summed E-state index contributed by atoms with van der Waals surface area (Å²) in [6.45, 7) is 0.637. The number of aromatic nitrogens is 1. The molecule has 1 heterocycles. The van der Waals surface area contributed by atoms with Gasteiger partial charge in [-0.2, -0.15) is 5.26 Å². The molecule has 1 aromatic heterocycles. The zero-order chi connectivity index (χ0) is 14.7. The topological polar surface area (TPSA) is 68.2 Å². The Morgan fingerprint density at radius 2 is 1.90 bits per heavy atom. The van der Waals surface area contributed by atoms with Crippen LogP contribution in [0.2, 0.25) is 0 Å². The first kappa shape index (κ1) is 13.0. The third kappa shape index (κ3) is 2.51. The van der Waals surface area contributed by atoms with Crippen LogP contribution >= 0.6 is 0 Å². The van der Waals surface area contributed by atoms with E-state index in [1.807, 2.05) is 18.2 Å². The van der Waals surface area contributed by atoms with Gasteiger partial charge in [0.1, 0.15) is 18.4 Å². The van der Waals surface area contributed by atoms with Crippen molar-refractivity contribution in [2.45, 2.75) is 6.54 Å². The minimum Gasteiger partial charge on any atom is -0.490 e. The largest absolute Gasteiger partial charge is 0.490 e. The van der Waals surface area contributed by atoms with E-state index in [0.717, 1.165) is 5.52 Å². The number of hydrogen-bond donors (Lipinski definition) is 0. The number of fused-ring (bicyclic) bond motifs is 1. The summed E-state index contributed by atoms with van der Waals surface area (Å²) in [5.74, 6) is 0.106. The second-order valence-corrected chi connectivity index (χ2v) is 4.44. The summed E-state index contributed by atoms with van der Waals surface area (Å²) in [5.41, 5.74) is 1.77. The molecule has 21 heavy (non-hydrogen) atoms.